The van der Waals surface area contributed by atoms with E-state index in [0.717, 1.165) is 5.56 Å². The van der Waals surface area contributed by atoms with Gasteiger partial charge in [-0.05, 0) is 44.2 Å². The number of Topliss-reactive ketones (excluding diaryl/α,β-unsaturated/α-hetero) is 1. The zero-order valence-corrected chi connectivity index (χ0v) is 18.6. The van der Waals surface area contributed by atoms with Crippen molar-refractivity contribution in [2.45, 2.75) is 18.7 Å². The number of ketones is 1. The maximum absolute atomic E-state index is 13.3. The molecule has 6 nitrogen and oxygen atoms in total. The molecule has 0 heterocycles. The molecule has 0 bridgehead atoms. The number of carbonyl (C=O) groups excluding carboxylic acids is 2. The van der Waals surface area contributed by atoms with Gasteiger partial charge in [0.15, 0.2) is 0 Å². The molecule has 0 aliphatic rings. The highest BCUT2D eigenvalue weighted by molar-refractivity contribution is 7.93. The Morgan fingerprint density at radius 2 is 1.61 bits per heavy atom. The first-order valence-electron chi connectivity index (χ1n) is 9.53. The SMILES string of the molecule is CCN(c1ccccc1)S(=O)(=O)c1cc(NC(=O)C(=O)c2ccc(C)cc2)ccc1Cl. The normalized spacial score (nSPS) is 11.1. The van der Waals surface area contributed by atoms with Gasteiger partial charge in [0, 0.05) is 17.8 Å². The zero-order valence-electron chi connectivity index (χ0n) is 17.0. The molecule has 0 radical (unpaired) electrons. The minimum atomic E-state index is -4.01. The van der Waals surface area contributed by atoms with Crippen LogP contribution in [0.25, 0.3) is 0 Å². The van der Waals surface area contributed by atoms with Crippen molar-refractivity contribution in [3.05, 3.63) is 88.9 Å². The number of nitrogens with one attached hydrogen (secondary N) is 1. The lowest BCUT2D eigenvalue weighted by Gasteiger charge is -2.23. The van der Waals surface area contributed by atoms with Crippen molar-refractivity contribution in [1.29, 1.82) is 0 Å². The second kappa shape index (κ2) is 9.32. The Balaban J connectivity index is 1.90. The third kappa shape index (κ3) is 4.95. The fraction of sp³-hybridized carbons (Fsp3) is 0.130. The van der Waals surface area contributed by atoms with Gasteiger partial charge in [0.1, 0.15) is 4.90 Å². The average Bonchev–Trinajstić information content (AvgIpc) is 2.76. The summed E-state index contributed by atoms with van der Waals surface area (Å²) in [6.45, 7) is 3.77. The van der Waals surface area contributed by atoms with Crippen molar-refractivity contribution < 1.29 is 18.0 Å². The van der Waals surface area contributed by atoms with Gasteiger partial charge in [-0.25, -0.2) is 8.42 Å². The van der Waals surface area contributed by atoms with Crippen LogP contribution in [-0.4, -0.2) is 26.7 Å². The molecule has 0 saturated heterocycles. The number of benzene rings is 3. The number of rotatable bonds is 7. The van der Waals surface area contributed by atoms with Crippen molar-refractivity contribution in [2.24, 2.45) is 0 Å². The van der Waals surface area contributed by atoms with Gasteiger partial charge in [-0.1, -0.05) is 59.6 Å². The number of sulfonamides is 1. The van der Waals surface area contributed by atoms with Crippen LogP contribution >= 0.6 is 11.6 Å². The van der Waals surface area contributed by atoms with Crippen molar-refractivity contribution >= 4 is 44.7 Å². The van der Waals surface area contributed by atoms with Gasteiger partial charge in [0.05, 0.1) is 10.7 Å². The molecule has 31 heavy (non-hydrogen) atoms. The summed E-state index contributed by atoms with van der Waals surface area (Å²) in [7, 11) is -4.01. The first-order valence-corrected chi connectivity index (χ1v) is 11.4. The number of anilines is 2. The summed E-state index contributed by atoms with van der Waals surface area (Å²) in [4.78, 5) is 24.6. The number of carbonyl (C=O) groups is 2. The topological polar surface area (TPSA) is 83.6 Å². The average molecular weight is 457 g/mol. The van der Waals surface area contributed by atoms with Gasteiger partial charge < -0.3 is 5.32 Å². The van der Waals surface area contributed by atoms with E-state index in [1.165, 1.54) is 22.5 Å². The highest BCUT2D eigenvalue weighted by Gasteiger charge is 2.27. The smallest absolute Gasteiger partial charge is 0.296 e. The first kappa shape index (κ1) is 22.5. The lowest BCUT2D eigenvalue weighted by Crippen LogP contribution is -2.31. The molecule has 0 atom stereocenters. The number of nitrogens with zero attached hydrogens (tertiary/aromatic N) is 1. The van der Waals surface area contributed by atoms with Crippen molar-refractivity contribution in [2.75, 3.05) is 16.2 Å². The van der Waals surface area contributed by atoms with E-state index in [0.29, 0.717) is 5.69 Å². The highest BCUT2D eigenvalue weighted by Crippen LogP contribution is 2.30. The summed E-state index contributed by atoms with van der Waals surface area (Å²) in [5.74, 6) is -1.59. The van der Waals surface area contributed by atoms with Crippen LogP contribution in [0.15, 0.2) is 77.7 Å². The van der Waals surface area contributed by atoms with Gasteiger partial charge >= 0.3 is 0 Å². The molecule has 0 aromatic heterocycles. The summed E-state index contributed by atoms with van der Waals surface area (Å²) in [5, 5.41) is 2.47. The number of aryl methyl sites for hydroxylation is 1. The fourth-order valence-corrected chi connectivity index (χ4v) is 4.98. The van der Waals surface area contributed by atoms with Crippen LogP contribution in [0.3, 0.4) is 0 Å². The second-order valence-corrected chi connectivity index (χ2v) is 9.04. The molecule has 160 valence electrons. The number of halogens is 1. The van der Waals surface area contributed by atoms with Crippen LogP contribution in [0.5, 0.6) is 0 Å². The monoisotopic (exact) mass is 456 g/mol. The minimum Gasteiger partial charge on any atom is -0.319 e. The third-order valence-corrected chi connectivity index (χ3v) is 6.99. The molecule has 0 saturated carbocycles. The molecular formula is C23H21ClN2O4S. The van der Waals surface area contributed by atoms with E-state index in [4.69, 9.17) is 11.6 Å². The number of amides is 1. The van der Waals surface area contributed by atoms with Crippen LogP contribution in [0, 0.1) is 6.92 Å². The van der Waals surface area contributed by atoms with E-state index in [1.807, 2.05) is 6.92 Å². The number of hydrogen-bond donors (Lipinski definition) is 1. The van der Waals surface area contributed by atoms with Crippen LogP contribution in [0.4, 0.5) is 11.4 Å². The Morgan fingerprint density at radius 3 is 2.23 bits per heavy atom. The molecule has 1 amide bonds. The lowest BCUT2D eigenvalue weighted by molar-refractivity contribution is -0.112. The largest absolute Gasteiger partial charge is 0.319 e. The molecule has 0 aliphatic carbocycles. The predicted octanol–water partition coefficient (Wildman–Crippen LogP) is 4.69. The van der Waals surface area contributed by atoms with Gasteiger partial charge in [-0.3, -0.25) is 13.9 Å². The molecule has 3 aromatic rings. The van der Waals surface area contributed by atoms with Gasteiger partial charge in [-0.15, -0.1) is 0 Å². The van der Waals surface area contributed by atoms with Crippen molar-refractivity contribution in [1.82, 2.24) is 0 Å². The standard InChI is InChI=1S/C23H21ClN2O4S/c1-3-26(19-7-5-4-6-8-19)31(29,30)21-15-18(13-14-20(21)24)25-23(28)22(27)17-11-9-16(2)10-12-17/h4-15H,3H2,1-2H3,(H,25,28). The molecule has 1 N–H and O–H groups in total. The summed E-state index contributed by atoms with van der Waals surface area (Å²) in [6, 6.07) is 19.3. The quantitative estimate of drug-likeness (QED) is 0.413. The summed E-state index contributed by atoms with van der Waals surface area (Å²) in [6.07, 6.45) is 0. The third-order valence-electron chi connectivity index (χ3n) is 4.61. The Hall–Kier alpha value is -3.16. The van der Waals surface area contributed by atoms with Gasteiger partial charge in [0.25, 0.3) is 21.7 Å². The Labute approximate surface area is 186 Å². The maximum atomic E-state index is 13.3. The number of para-hydroxylation sites is 1. The van der Waals surface area contributed by atoms with Gasteiger partial charge in [0.2, 0.25) is 0 Å². The van der Waals surface area contributed by atoms with E-state index in [2.05, 4.69) is 5.32 Å². The van der Waals surface area contributed by atoms with E-state index >= 15 is 0 Å². The Bertz CT molecular complexity index is 1210. The van der Waals surface area contributed by atoms with Crippen molar-refractivity contribution in [3.8, 4) is 0 Å². The van der Waals surface area contributed by atoms with Crippen molar-refractivity contribution in [3.63, 3.8) is 0 Å². The lowest BCUT2D eigenvalue weighted by atomic mass is 10.1. The van der Waals surface area contributed by atoms with Crippen LogP contribution in [0.1, 0.15) is 22.8 Å². The Kier molecular flexibility index (Phi) is 6.77. The van der Waals surface area contributed by atoms with Gasteiger partial charge in [-0.2, -0.15) is 0 Å². The Morgan fingerprint density at radius 1 is 0.968 bits per heavy atom. The molecular weight excluding hydrogens is 436 g/mol. The molecule has 3 rings (SSSR count). The summed E-state index contributed by atoms with van der Waals surface area (Å²) >= 11 is 6.19. The zero-order chi connectivity index (χ0) is 22.6. The molecule has 0 unspecified atom stereocenters. The van der Waals surface area contributed by atoms with Crippen LogP contribution in [-0.2, 0) is 14.8 Å². The second-order valence-electron chi connectivity index (χ2n) is 6.80. The minimum absolute atomic E-state index is 0.0113. The predicted molar refractivity (Wildman–Crippen MR) is 122 cm³/mol. The summed E-state index contributed by atoms with van der Waals surface area (Å²) in [5.41, 5.74) is 1.84. The van der Waals surface area contributed by atoms with E-state index in [1.54, 1.807) is 61.5 Å². The fourth-order valence-electron chi connectivity index (χ4n) is 3.01. The molecule has 0 fully saturated rings. The molecule has 3 aromatic carbocycles. The highest BCUT2D eigenvalue weighted by atomic mass is 35.5. The van der Waals surface area contributed by atoms with Crippen LogP contribution < -0.4 is 9.62 Å². The summed E-state index contributed by atoms with van der Waals surface area (Å²) < 4.78 is 27.8. The van der Waals surface area contributed by atoms with Crippen LogP contribution in [0.2, 0.25) is 5.02 Å². The van der Waals surface area contributed by atoms with E-state index in [-0.39, 0.29) is 27.7 Å². The van der Waals surface area contributed by atoms with E-state index < -0.39 is 21.7 Å². The van der Waals surface area contributed by atoms with E-state index in [9.17, 15) is 18.0 Å². The molecule has 0 aliphatic heterocycles. The molecule has 0 spiro atoms. The number of hydrogen-bond acceptors (Lipinski definition) is 4. The molecule has 8 heteroatoms. The first-order chi connectivity index (χ1) is 14.7. The maximum Gasteiger partial charge on any atom is 0.296 e.